The third kappa shape index (κ3) is 1.59. The molecule has 2 rings (SSSR count). The van der Waals surface area contributed by atoms with Crippen LogP contribution in [-0.2, 0) is 12.8 Å². The van der Waals surface area contributed by atoms with Crippen LogP contribution >= 0.6 is 0 Å². The van der Waals surface area contributed by atoms with Gasteiger partial charge in [-0.1, -0.05) is 12.0 Å². The summed E-state index contributed by atoms with van der Waals surface area (Å²) in [4.78, 5) is 0. The predicted octanol–water partition coefficient (Wildman–Crippen LogP) is 1.49. The quantitative estimate of drug-likeness (QED) is 0.431. The molecule has 1 aromatic rings. The Morgan fingerprint density at radius 1 is 1.36 bits per heavy atom. The van der Waals surface area contributed by atoms with E-state index in [1.54, 1.807) is 5.01 Å². The van der Waals surface area contributed by atoms with E-state index < -0.39 is 0 Å². The number of nitrogens with two attached hydrogens (primary N) is 1. The molecule has 0 unspecified atom stereocenters. The Balaban J connectivity index is 2.25. The van der Waals surface area contributed by atoms with Gasteiger partial charge in [-0.2, -0.15) is 0 Å². The van der Waals surface area contributed by atoms with Gasteiger partial charge in [0.05, 0.1) is 12.2 Å². The van der Waals surface area contributed by atoms with Crippen LogP contribution in [0.1, 0.15) is 17.5 Å². The third-order valence-corrected chi connectivity index (χ3v) is 2.68. The van der Waals surface area contributed by atoms with E-state index in [1.807, 2.05) is 6.07 Å². The molecule has 2 nitrogen and oxygen atoms in total. The number of aryl methyl sites for hydroxylation is 2. The van der Waals surface area contributed by atoms with Crippen LogP contribution in [0, 0.1) is 12.3 Å². The molecule has 2 N–H and O–H groups in total. The van der Waals surface area contributed by atoms with E-state index in [0.717, 1.165) is 5.69 Å². The Morgan fingerprint density at radius 3 is 2.93 bits per heavy atom. The van der Waals surface area contributed by atoms with Gasteiger partial charge in [0.25, 0.3) is 0 Å². The maximum Gasteiger partial charge on any atom is 0.0947 e. The normalized spacial score (nSPS) is 13.4. The van der Waals surface area contributed by atoms with Crippen molar-refractivity contribution in [1.82, 2.24) is 0 Å². The zero-order valence-electron chi connectivity index (χ0n) is 8.16. The molecule has 0 aromatic heterocycles. The highest BCUT2D eigenvalue weighted by atomic mass is 15.4. The Bertz CT molecular complexity index is 376. The SMILES string of the molecule is C#CCN(N)c1ccc2c(c1)CCC2. The molecule has 72 valence electrons. The average molecular weight is 186 g/mol. The number of hydrazine groups is 1. The Hall–Kier alpha value is -1.46. The summed E-state index contributed by atoms with van der Waals surface area (Å²) in [5, 5.41) is 1.61. The Morgan fingerprint density at radius 2 is 2.14 bits per heavy atom. The van der Waals surface area contributed by atoms with Crippen LogP contribution in [0.5, 0.6) is 0 Å². The maximum atomic E-state index is 5.79. The van der Waals surface area contributed by atoms with Crippen molar-refractivity contribution in [3.63, 3.8) is 0 Å². The molecule has 0 aliphatic heterocycles. The van der Waals surface area contributed by atoms with Gasteiger partial charge in [0.1, 0.15) is 0 Å². The minimum absolute atomic E-state index is 0.457. The van der Waals surface area contributed by atoms with Gasteiger partial charge in [0.15, 0.2) is 0 Å². The molecule has 14 heavy (non-hydrogen) atoms. The molecule has 1 aromatic carbocycles. The molecule has 0 spiro atoms. The number of terminal acetylenes is 1. The number of fused-ring (bicyclic) bond motifs is 1. The fourth-order valence-electron chi connectivity index (χ4n) is 1.93. The van der Waals surface area contributed by atoms with Gasteiger partial charge in [0, 0.05) is 0 Å². The van der Waals surface area contributed by atoms with Crippen molar-refractivity contribution in [2.24, 2.45) is 5.84 Å². The monoisotopic (exact) mass is 186 g/mol. The zero-order chi connectivity index (χ0) is 9.97. The number of nitrogens with zero attached hydrogens (tertiary/aromatic N) is 1. The number of benzene rings is 1. The van der Waals surface area contributed by atoms with Gasteiger partial charge in [-0.3, -0.25) is 5.01 Å². The van der Waals surface area contributed by atoms with Crippen LogP contribution in [0.25, 0.3) is 0 Å². The highest BCUT2D eigenvalue weighted by Gasteiger charge is 2.11. The molecule has 0 fully saturated rings. The number of hydrogen-bond acceptors (Lipinski definition) is 2. The van der Waals surface area contributed by atoms with Crippen molar-refractivity contribution in [1.29, 1.82) is 0 Å². The van der Waals surface area contributed by atoms with Crippen molar-refractivity contribution in [2.45, 2.75) is 19.3 Å². The summed E-state index contributed by atoms with van der Waals surface area (Å²) in [6, 6.07) is 6.36. The number of anilines is 1. The number of rotatable bonds is 2. The molecule has 1 aliphatic carbocycles. The summed E-state index contributed by atoms with van der Waals surface area (Å²) in [6.45, 7) is 0.457. The fourth-order valence-corrected chi connectivity index (χ4v) is 1.93. The van der Waals surface area contributed by atoms with Crippen LogP contribution in [-0.4, -0.2) is 6.54 Å². The highest BCUT2D eigenvalue weighted by molar-refractivity contribution is 5.51. The van der Waals surface area contributed by atoms with Crippen LogP contribution < -0.4 is 10.9 Å². The standard InChI is InChI=1S/C12H14N2/c1-2-8-14(13)12-7-6-10-4-3-5-11(10)9-12/h1,6-7,9H,3-5,8,13H2. The van der Waals surface area contributed by atoms with Gasteiger partial charge in [-0.25, -0.2) is 5.84 Å². The van der Waals surface area contributed by atoms with E-state index >= 15 is 0 Å². The second kappa shape index (κ2) is 3.73. The topological polar surface area (TPSA) is 29.3 Å². The Kier molecular flexibility index (Phi) is 2.43. The zero-order valence-corrected chi connectivity index (χ0v) is 8.16. The van der Waals surface area contributed by atoms with Crippen molar-refractivity contribution in [3.05, 3.63) is 29.3 Å². The van der Waals surface area contributed by atoms with E-state index in [2.05, 4.69) is 18.1 Å². The van der Waals surface area contributed by atoms with Crippen molar-refractivity contribution >= 4 is 5.69 Å². The lowest BCUT2D eigenvalue weighted by atomic mass is 10.1. The summed E-state index contributed by atoms with van der Waals surface area (Å²) in [7, 11) is 0. The smallest absolute Gasteiger partial charge is 0.0947 e. The summed E-state index contributed by atoms with van der Waals surface area (Å²) in [5.41, 5.74) is 3.90. The molecular weight excluding hydrogens is 172 g/mol. The van der Waals surface area contributed by atoms with Crippen LogP contribution in [0.4, 0.5) is 5.69 Å². The van der Waals surface area contributed by atoms with Crippen LogP contribution in [0.15, 0.2) is 18.2 Å². The molecule has 0 saturated heterocycles. The average Bonchev–Trinajstić information content (AvgIpc) is 2.64. The summed E-state index contributed by atoms with van der Waals surface area (Å²) in [5.74, 6) is 8.33. The van der Waals surface area contributed by atoms with E-state index in [-0.39, 0.29) is 0 Å². The predicted molar refractivity (Wildman–Crippen MR) is 58.8 cm³/mol. The molecule has 0 atom stereocenters. The lowest BCUT2D eigenvalue weighted by Crippen LogP contribution is -2.31. The lowest BCUT2D eigenvalue weighted by Gasteiger charge is -2.16. The summed E-state index contributed by atoms with van der Waals surface area (Å²) in [6.07, 6.45) is 8.85. The maximum absolute atomic E-state index is 5.79. The van der Waals surface area contributed by atoms with Gasteiger partial charge in [-0.05, 0) is 42.5 Å². The van der Waals surface area contributed by atoms with Crippen molar-refractivity contribution in [2.75, 3.05) is 11.6 Å². The first-order chi connectivity index (χ1) is 6.81. The molecule has 0 bridgehead atoms. The first-order valence-electron chi connectivity index (χ1n) is 4.89. The fraction of sp³-hybridized carbons (Fsp3) is 0.333. The Labute approximate surface area is 84.7 Å². The van der Waals surface area contributed by atoms with Crippen LogP contribution in [0.2, 0.25) is 0 Å². The molecular formula is C12H14N2. The second-order valence-electron chi connectivity index (χ2n) is 3.64. The molecule has 2 heteroatoms. The van der Waals surface area contributed by atoms with Crippen molar-refractivity contribution in [3.8, 4) is 12.3 Å². The van der Waals surface area contributed by atoms with Gasteiger partial charge in [0.2, 0.25) is 0 Å². The van der Waals surface area contributed by atoms with Crippen LogP contribution in [0.3, 0.4) is 0 Å². The van der Waals surface area contributed by atoms with Gasteiger partial charge < -0.3 is 0 Å². The molecule has 0 heterocycles. The van der Waals surface area contributed by atoms with E-state index in [0.29, 0.717) is 6.54 Å². The highest BCUT2D eigenvalue weighted by Crippen LogP contribution is 2.25. The van der Waals surface area contributed by atoms with E-state index in [1.165, 1.54) is 30.4 Å². The third-order valence-electron chi connectivity index (χ3n) is 2.68. The largest absolute Gasteiger partial charge is 0.299 e. The van der Waals surface area contributed by atoms with E-state index in [4.69, 9.17) is 12.3 Å². The molecule has 1 aliphatic rings. The first kappa shape index (κ1) is 9.11. The minimum atomic E-state index is 0.457. The minimum Gasteiger partial charge on any atom is -0.299 e. The molecule has 0 amide bonds. The van der Waals surface area contributed by atoms with Gasteiger partial charge in [-0.15, -0.1) is 6.42 Å². The molecule has 0 radical (unpaired) electrons. The summed E-state index contributed by atoms with van der Waals surface area (Å²) >= 11 is 0. The first-order valence-corrected chi connectivity index (χ1v) is 4.89. The lowest BCUT2D eigenvalue weighted by molar-refractivity contribution is 0.911. The van der Waals surface area contributed by atoms with Gasteiger partial charge >= 0.3 is 0 Å². The van der Waals surface area contributed by atoms with Crippen molar-refractivity contribution < 1.29 is 0 Å². The number of hydrogen-bond donors (Lipinski definition) is 1. The van der Waals surface area contributed by atoms with E-state index in [9.17, 15) is 0 Å². The molecule has 0 saturated carbocycles. The summed E-state index contributed by atoms with van der Waals surface area (Å²) < 4.78 is 0. The second-order valence-corrected chi connectivity index (χ2v) is 3.64.